The molecular weight excluding hydrogens is 324 g/mol. The van der Waals surface area contributed by atoms with Crippen LogP contribution in [-0.4, -0.2) is 18.9 Å². The van der Waals surface area contributed by atoms with Crippen molar-refractivity contribution < 1.29 is 9.53 Å². The van der Waals surface area contributed by atoms with Gasteiger partial charge in [0.15, 0.2) is 0 Å². The number of amidine groups is 1. The maximum atomic E-state index is 12.1. The van der Waals surface area contributed by atoms with Crippen LogP contribution < -0.4 is 10.1 Å². The summed E-state index contributed by atoms with van der Waals surface area (Å²) in [5.74, 6) is 1.21. The second-order valence-corrected chi connectivity index (χ2v) is 5.82. The van der Waals surface area contributed by atoms with Crippen molar-refractivity contribution in [2.75, 3.05) is 7.11 Å². The minimum atomic E-state index is -0.188. The van der Waals surface area contributed by atoms with Gasteiger partial charge in [-0.25, -0.2) is 4.99 Å². The van der Waals surface area contributed by atoms with Crippen LogP contribution in [0.4, 0.5) is 0 Å². The van der Waals surface area contributed by atoms with E-state index in [0.29, 0.717) is 18.0 Å². The Hall–Kier alpha value is -2.59. The molecule has 1 heterocycles. The lowest BCUT2D eigenvalue weighted by atomic mass is 10.1. The number of aliphatic imine (C=N–C) groups is 1. The van der Waals surface area contributed by atoms with Crippen molar-refractivity contribution in [3.8, 4) is 5.75 Å². The van der Waals surface area contributed by atoms with Gasteiger partial charge in [-0.1, -0.05) is 41.9 Å². The molecule has 1 amide bonds. The molecule has 2 aromatic carbocycles. The highest BCUT2D eigenvalue weighted by Gasteiger charge is 2.19. The van der Waals surface area contributed by atoms with Gasteiger partial charge in [-0.2, -0.15) is 0 Å². The van der Waals surface area contributed by atoms with Crippen LogP contribution in [0.3, 0.4) is 0 Å². The normalized spacial score (nSPS) is 15.3. The van der Waals surface area contributed by atoms with Crippen LogP contribution in [0.25, 0.3) is 6.08 Å². The predicted molar refractivity (Wildman–Crippen MR) is 96.3 cm³/mol. The van der Waals surface area contributed by atoms with Crippen molar-refractivity contribution >= 4 is 29.4 Å². The second-order valence-electron chi connectivity index (χ2n) is 5.41. The quantitative estimate of drug-likeness (QED) is 0.840. The lowest BCUT2D eigenvalue weighted by Crippen LogP contribution is -2.24. The molecule has 0 radical (unpaired) electrons. The molecule has 0 aromatic heterocycles. The summed E-state index contributed by atoms with van der Waals surface area (Å²) in [6.45, 7) is 0. The number of ether oxygens (including phenoxy) is 1. The SMILES string of the molecule is COc1cccc(/C=C2/N=C(CCc3ccccc3Cl)NC2=O)c1. The van der Waals surface area contributed by atoms with E-state index in [-0.39, 0.29) is 5.91 Å². The molecule has 1 N–H and O–H groups in total. The van der Waals surface area contributed by atoms with Gasteiger partial charge < -0.3 is 10.1 Å². The summed E-state index contributed by atoms with van der Waals surface area (Å²) in [5, 5.41) is 3.54. The lowest BCUT2D eigenvalue weighted by Gasteiger charge is -2.03. The van der Waals surface area contributed by atoms with Gasteiger partial charge in [-0.3, -0.25) is 4.79 Å². The highest BCUT2D eigenvalue weighted by atomic mass is 35.5. The van der Waals surface area contributed by atoms with Gasteiger partial charge in [-0.15, -0.1) is 0 Å². The average molecular weight is 341 g/mol. The molecule has 1 aliphatic rings. The molecule has 0 saturated heterocycles. The van der Waals surface area contributed by atoms with Crippen molar-refractivity contribution in [2.45, 2.75) is 12.8 Å². The van der Waals surface area contributed by atoms with E-state index in [2.05, 4.69) is 10.3 Å². The molecule has 5 heteroatoms. The number of hydrogen-bond acceptors (Lipinski definition) is 3. The fourth-order valence-corrected chi connectivity index (χ4v) is 2.71. The zero-order valence-electron chi connectivity index (χ0n) is 13.3. The molecule has 0 spiro atoms. The first-order valence-electron chi connectivity index (χ1n) is 7.64. The predicted octanol–water partition coefficient (Wildman–Crippen LogP) is 3.85. The Bertz CT molecular complexity index is 828. The van der Waals surface area contributed by atoms with E-state index < -0.39 is 0 Å². The first-order valence-corrected chi connectivity index (χ1v) is 8.01. The maximum Gasteiger partial charge on any atom is 0.275 e. The Kier molecular flexibility index (Phi) is 4.96. The number of hydrogen-bond donors (Lipinski definition) is 1. The summed E-state index contributed by atoms with van der Waals surface area (Å²) >= 11 is 6.15. The molecule has 0 bridgehead atoms. The molecule has 0 aliphatic carbocycles. The van der Waals surface area contributed by atoms with Crippen LogP contribution in [0.1, 0.15) is 17.5 Å². The zero-order valence-corrected chi connectivity index (χ0v) is 14.0. The monoisotopic (exact) mass is 340 g/mol. The van der Waals surface area contributed by atoms with Crippen LogP contribution in [0, 0.1) is 0 Å². The molecule has 0 unspecified atom stereocenters. The molecule has 2 aromatic rings. The van der Waals surface area contributed by atoms with E-state index in [1.54, 1.807) is 13.2 Å². The van der Waals surface area contributed by atoms with Crippen LogP contribution in [0.15, 0.2) is 59.2 Å². The molecule has 3 rings (SSSR count). The van der Waals surface area contributed by atoms with Crippen LogP contribution in [-0.2, 0) is 11.2 Å². The van der Waals surface area contributed by atoms with Crippen molar-refractivity contribution in [2.24, 2.45) is 4.99 Å². The Labute approximate surface area is 145 Å². The summed E-state index contributed by atoms with van der Waals surface area (Å²) < 4.78 is 5.19. The van der Waals surface area contributed by atoms with Crippen LogP contribution >= 0.6 is 11.6 Å². The molecule has 0 atom stereocenters. The number of carbonyl (C=O) groups is 1. The summed E-state index contributed by atoms with van der Waals surface area (Å²) in [7, 11) is 1.61. The largest absolute Gasteiger partial charge is 0.497 e. The topological polar surface area (TPSA) is 50.7 Å². The summed E-state index contributed by atoms with van der Waals surface area (Å²) in [4.78, 5) is 16.5. The van der Waals surface area contributed by atoms with E-state index in [1.165, 1.54) is 0 Å². The molecule has 122 valence electrons. The van der Waals surface area contributed by atoms with Crippen LogP contribution in [0.2, 0.25) is 5.02 Å². The number of methoxy groups -OCH3 is 1. The number of nitrogens with one attached hydrogen (secondary N) is 1. The van der Waals surface area contributed by atoms with Gasteiger partial charge in [0.05, 0.1) is 7.11 Å². The van der Waals surface area contributed by atoms with Crippen LogP contribution in [0.5, 0.6) is 5.75 Å². The van der Waals surface area contributed by atoms with Crippen molar-refractivity contribution in [3.63, 3.8) is 0 Å². The number of nitrogens with zero attached hydrogens (tertiary/aromatic N) is 1. The van der Waals surface area contributed by atoms with Gasteiger partial charge in [-0.05, 0) is 41.8 Å². The fraction of sp³-hybridized carbons (Fsp3) is 0.158. The highest BCUT2D eigenvalue weighted by molar-refractivity contribution is 6.31. The van der Waals surface area contributed by atoms with E-state index >= 15 is 0 Å². The first-order chi connectivity index (χ1) is 11.7. The first kappa shape index (κ1) is 16.3. The summed E-state index contributed by atoms with van der Waals surface area (Å²) in [6, 6.07) is 15.2. The minimum absolute atomic E-state index is 0.188. The Morgan fingerprint density at radius 3 is 2.79 bits per heavy atom. The van der Waals surface area contributed by atoms with Crippen molar-refractivity contribution in [1.29, 1.82) is 0 Å². The van der Waals surface area contributed by atoms with Crippen molar-refractivity contribution in [1.82, 2.24) is 5.32 Å². The maximum absolute atomic E-state index is 12.1. The van der Waals surface area contributed by atoms with Gasteiger partial charge in [0.1, 0.15) is 17.3 Å². The molecule has 24 heavy (non-hydrogen) atoms. The Balaban J connectivity index is 1.73. The van der Waals surface area contributed by atoms with Gasteiger partial charge >= 0.3 is 0 Å². The minimum Gasteiger partial charge on any atom is -0.497 e. The van der Waals surface area contributed by atoms with Gasteiger partial charge in [0, 0.05) is 11.4 Å². The average Bonchev–Trinajstić information content (AvgIpc) is 2.94. The van der Waals surface area contributed by atoms with Gasteiger partial charge in [0.25, 0.3) is 5.91 Å². The zero-order chi connectivity index (χ0) is 16.9. The smallest absolute Gasteiger partial charge is 0.275 e. The summed E-state index contributed by atoms with van der Waals surface area (Å²) in [6.07, 6.45) is 3.11. The second kappa shape index (κ2) is 7.32. The third-order valence-electron chi connectivity index (χ3n) is 3.73. The third-order valence-corrected chi connectivity index (χ3v) is 4.10. The molecule has 0 saturated carbocycles. The summed E-state index contributed by atoms with van der Waals surface area (Å²) in [5.41, 5.74) is 2.31. The molecule has 1 aliphatic heterocycles. The number of halogens is 1. The number of rotatable bonds is 5. The Morgan fingerprint density at radius 1 is 1.17 bits per heavy atom. The standard InChI is InChI=1S/C19H17ClN2O2/c1-24-15-7-4-5-13(11-15)12-17-19(23)22-18(21-17)10-9-14-6-2-3-8-16(14)20/h2-8,11-12H,9-10H2,1H3,(H,21,22,23)/b17-12+. The molecule has 0 fully saturated rings. The third kappa shape index (κ3) is 3.84. The molecular formula is C19H17ClN2O2. The number of aryl methyl sites for hydroxylation is 1. The number of amides is 1. The number of benzene rings is 2. The molecule has 4 nitrogen and oxygen atoms in total. The van der Waals surface area contributed by atoms with E-state index in [1.807, 2.05) is 48.5 Å². The van der Waals surface area contributed by atoms with Gasteiger partial charge in [0.2, 0.25) is 0 Å². The lowest BCUT2D eigenvalue weighted by molar-refractivity contribution is -0.115. The fourth-order valence-electron chi connectivity index (χ4n) is 2.48. The van der Waals surface area contributed by atoms with E-state index in [4.69, 9.17) is 16.3 Å². The number of carbonyl (C=O) groups excluding carboxylic acids is 1. The highest BCUT2D eigenvalue weighted by Crippen LogP contribution is 2.20. The van der Waals surface area contributed by atoms with E-state index in [0.717, 1.165) is 28.3 Å². The Morgan fingerprint density at radius 2 is 2.00 bits per heavy atom. The van der Waals surface area contributed by atoms with Crippen molar-refractivity contribution in [3.05, 3.63) is 70.4 Å². The van der Waals surface area contributed by atoms with E-state index in [9.17, 15) is 4.79 Å².